The van der Waals surface area contributed by atoms with Gasteiger partial charge in [-0.1, -0.05) is 0 Å². The predicted octanol–water partition coefficient (Wildman–Crippen LogP) is 3.11. The van der Waals surface area contributed by atoms with E-state index in [1.807, 2.05) is 0 Å². The molecule has 0 bridgehead atoms. The summed E-state index contributed by atoms with van der Waals surface area (Å²) < 4.78 is 65.2. The van der Waals surface area contributed by atoms with Crippen LogP contribution in [0.2, 0.25) is 0 Å². The van der Waals surface area contributed by atoms with Crippen molar-refractivity contribution in [2.45, 2.75) is 22.9 Å². The number of furan rings is 1. The maximum Gasteiger partial charge on any atom is 0.501 e. The van der Waals surface area contributed by atoms with E-state index < -0.39 is 20.2 Å². The summed E-state index contributed by atoms with van der Waals surface area (Å²) >= 11 is 0. The molecule has 0 aliphatic rings. The summed E-state index contributed by atoms with van der Waals surface area (Å²) in [6, 6.07) is 7.18. The second-order valence-corrected chi connectivity index (χ2v) is 6.64. The average molecular weight is 349 g/mol. The Bertz CT molecular complexity index is 724. The van der Waals surface area contributed by atoms with Gasteiger partial charge in [0.15, 0.2) is 0 Å². The second kappa shape index (κ2) is 6.63. The lowest BCUT2D eigenvalue weighted by molar-refractivity contribution is -0.0436. The zero-order chi connectivity index (χ0) is 17.1. The highest BCUT2D eigenvalue weighted by Crippen LogP contribution is 2.31. The third-order valence-corrected chi connectivity index (χ3v) is 4.62. The van der Waals surface area contributed by atoms with Crippen LogP contribution in [-0.2, 0) is 9.84 Å². The van der Waals surface area contributed by atoms with Crippen LogP contribution in [0.3, 0.4) is 0 Å². The van der Waals surface area contributed by atoms with Crippen molar-refractivity contribution in [1.29, 1.82) is 0 Å². The Morgan fingerprint density at radius 1 is 1.17 bits per heavy atom. The van der Waals surface area contributed by atoms with Crippen molar-refractivity contribution in [2.24, 2.45) is 0 Å². The van der Waals surface area contributed by atoms with Gasteiger partial charge >= 0.3 is 5.51 Å². The SMILES string of the molecule is O=S(=O)(c1ccc(NC(CCO)c2ccco2)cc1)C(F)(F)F. The van der Waals surface area contributed by atoms with Crippen LogP contribution in [0.5, 0.6) is 0 Å². The molecule has 0 spiro atoms. The summed E-state index contributed by atoms with van der Waals surface area (Å²) in [5.41, 5.74) is -4.93. The van der Waals surface area contributed by atoms with E-state index in [0.717, 1.165) is 12.1 Å². The number of aliphatic hydroxyl groups excluding tert-OH is 1. The molecule has 0 saturated heterocycles. The minimum atomic E-state index is -5.36. The fourth-order valence-corrected chi connectivity index (χ4v) is 2.73. The molecule has 0 aliphatic heterocycles. The summed E-state index contributed by atoms with van der Waals surface area (Å²) in [5, 5.41) is 12.0. The standard InChI is InChI=1S/C14H14F3NO4S/c15-14(16,17)23(20,21)11-5-3-10(4-6-11)18-12(7-8-19)13-2-1-9-22-13/h1-6,9,12,18-19H,7-8H2. The van der Waals surface area contributed by atoms with Gasteiger partial charge in [-0.3, -0.25) is 0 Å². The molecule has 23 heavy (non-hydrogen) atoms. The van der Waals surface area contributed by atoms with Crippen LogP contribution in [0.15, 0.2) is 52.0 Å². The molecule has 126 valence electrons. The van der Waals surface area contributed by atoms with Crippen molar-refractivity contribution in [3.8, 4) is 0 Å². The summed E-state index contributed by atoms with van der Waals surface area (Å²) in [7, 11) is -5.36. The highest BCUT2D eigenvalue weighted by Gasteiger charge is 2.46. The van der Waals surface area contributed by atoms with Crippen molar-refractivity contribution in [1.82, 2.24) is 0 Å². The van der Waals surface area contributed by atoms with Gasteiger partial charge in [0.1, 0.15) is 5.76 Å². The average Bonchev–Trinajstić information content (AvgIpc) is 3.00. The van der Waals surface area contributed by atoms with Gasteiger partial charge in [-0.25, -0.2) is 8.42 Å². The third-order valence-electron chi connectivity index (χ3n) is 3.11. The molecule has 1 heterocycles. The quantitative estimate of drug-likeness (QED) is 0.838. The van der Waals surface area contributed by atoms with E-state index in [4.69, 9.17) is 9.52 Å². The molecular formula is C14H14F3NO4S. The molecule has 1 unspecified atom stereocenters. The van der Waals surface area contributed by atoms with Crippen LogP contribution in [0.4, 0.5) is 18.9 Å². The highest BCUT2D eigenvalue weighted by molar-refractivity contribution is 7.92. The smallest absolute Gasteiger partial charge is 0.467 e. The van der Waals surface area contributed by atoms with Crippen molar-refractivity contribution >= 4 is 15.5 Å². The van der Waals surface area contributed by atoms with E-state index in [1.165, 1.54) is 18.4 Å². The molecule has 0 saturated carbocycles. The van der Waals surface area contributed by atoms with E-state index in [2.05, 4.69) is 5.32 Å². The first-order chi connectivity index (χ1) is 10.8. The van der Waals surface area contributed by atoms with Crippen LogP contribution in [0, 0.1) is 0 Å². The lowest BCUT2D eigenvalue weighted by Gasteiger charge is -2.17. The number of rotatable bonds is 6. The Labute approximate surface area is 130 Å². The largest absolute Gasteiger partial charge is 0.501 e. The molecule has 2 rings (SSSR count). The zero-order valence-electron chi connectivity index (χ0n) is 11.7. The van der Waals surface area contributed by atoms with Crippen LogP contribution in [0.25, 0.3) is 0 Å². The number of sulfone groups is 1. The van der Waals surface area contributed by atoms with Gasteiger partial charge in [-0.05, 0) is 42.8 Å². The Morgan fingerprint density at radius 2 is 1.83 bits per heavy atom. The molecule has 0 amide bonds. The lowest BCUT2D eigenvalue weighted by Crippen LogP contribution is -2.23. The second-order valence-electron chi connectivity index (χ2n) is 4.70. The van der Waals surface area contributed by atoms with Crippen LogP contribution in [-0.4, -0.2) is 25.6 Å². The number of aliphatic hydroxyl groups is 1. The molecule has 0 fully saturated rings. The van der Waals surface area contributed by atoms with Gasteiger partial charge in [-0.2, -0.15) is 13.2 Å². The van der Waals surface area contributed by atoms with Crippen molar-refractivity contribution in [2.75, 3.05) is 11.9 Å². The Morgan fingerprint density at radius 3 is 2.30 bits per heavy atom. The molecule has 9 heteroatoms. The Balaban J connectivity index is 2.19. The van der Waals surface area contributed by atoms with Gasteiger partial charge in [0.05, 0.1) is 17.2 Å². The van der Waals surface area contributed by atoms with Crippen LogP contribution in [0.1, 0.15) is 18.2 Å². The van der Waals surface area contributed by atoms with Gasteiger partial charge in [0.25, 0.3) is 9.84 Å². The maximum absolute atomic E-state index is 12.5. The maximum atomic E-state index is 12.5. The summed E-state index contributed by atoms with van der Waals surface area (Å²) in [4.78, 5) is -0.827. The Hall–Kier alpha value is -2.00. The predicted molar refractivity (Wildman–Crippen MR) is 76.5 cm³/mol. The molecule has 1 aromatic heterocycles. The van der Waals surface area contributed by atoms with Crippen molar-refractivity contribution < 1.29 is 31.1 Å². The van der Waals surface area contributed by atoms with Crippen LogP contribution >= 0.6 is 0 Å². The van der Waals surface area contributed by atoms with Gasteiger partial charge in [-0.15, -0.1) is 0 Å². The van der Waals surface area contributed by atoms with Crippen molar-refractivity contribution in [3.63, 3.8) is 0 Å². The monoisotopic (exact) mass is 349 g/mol. The van der Waals surface area contributed by atoms with E-state index in [0.29, 0.717) is 17.9 Å². The van der Waals surface area contributed by atoms with Crippen molar-refractivity contribution in [3.05, 3.63) is 48.4 Å². The molecule has 5 nitrogen and oxygen atoms in total. The number of halogens is 3. The fourth-order valence-electron chi connectivity index (χ4n) is 1.97. The first kappa shape index (κ1) is 17.4. The number of anilines is 1. The number of alkyl halides is 3. The topological polar surface area (TPSA) is 79.5 Å². The van der Waals surface area contributed by atoms with Crippen LogP contribution < -0.4 is 5.32 Å². The van der Waals surface area contributed by atoms with E-state index in [1.54, 1.807) is 12.1 Å². The van der Waals surface area contributed by atoms with E-state index in [-0.39, 0.29) is 12.6 Å². The molecular weight excluding hydrogens is 335 g/mol. The summed E-state index contributed by atoms with van der Waals surface area (Å²) in [6.07, 6.45) is 1.77. The molecule has 1 atom stereocenters. The van der Waals surface area contributed by atoms with Gasteiger partial charge in [0.2, 0.25) is 0 Å². The van der Waals surface area contributed by atoms with Gasteiger partial charge in [0, 0.05) is 12.3 Å². The number of hydrogen-bond donors (Lipinski definition) is 2. The van der Waals surface area contributed by atoms with Gasteiger partial charge < -0.3 is 14.8 Å². The normalized spacial score (nSPS) is 13.7. The van der Waals surface area contributed by atoms with E-state index in [9.17, 15) is 21.6 Å². The summed E-state index contributed by atoms with van der Waals surface area (Å²) in [5.74, 6) is 0.547. The molecule has 1 aromatic carbocycles. The highest BCUT2D eigenvalue weighted by atomic mass is 32.2. The number of hydrogen-bond acceptors (Lipinski definition) is 5. The number of nitrogens with one attached hydrogen (secondary N) is 1. The minimum Gasteiger partial charge on any atom is -0.467 e. The first-order valence-electron chi connectivity index (χ1n) is 6.58. The molecule has 2 N–H and O–H groups in total. The first-order valence-corrected chi connectivity index (χ1v) is 8.06. The molecule has 0 radical (unpaired) electrons. The number of benzene rings is 1. The zero-order valence-corrected chi connectivity index (χ0v) is 12.6. The summed E-state index contributed by atoms with van der Waals surface area (Å²) in [6.45, 7) is -0.126. The third kappa shape index (κ3) is 3.85. The Kier molecular flexibility index (Phi) is 5.00. The lowest BCUT2D eigenvalue weighted by atomic mass is 10.1. The van der Waals surface area contributed by atoms with E-state index >= 15 is 0 Å². The minimum absolute atomic E-state index is 0.126. The molecule has 0 aliphatic carbocycles. The fraction of sp³-hybridized carbons (Fsp3) is 0.286. The molecule has 2 aromatic rings.